The average Bonchev–Trinajstić information content (AvgIpc) is 2.27. The fourth-order valence-electron chi connectivity index (χ4n) is 1.77. The summed E-state index contributed by atoms with van der Waals surface area (Å²) in [6, 6.07) is 0. The van der Waals surface area contributed by atoms with E-state index in [0.717, 1.165) is 12.8 Å². The maximum Gasteiger partial charge on any atom is 0.0842 e. The first-order valence-electron chi connectivity index (χ1n) is 6.43. The highest BCUT2D eigenvalue weighted by Gasteiger charge is 2.06. The van der Waals surface area contributed by atoms with Gasteiger partial charge in [0.25, 0.3) is 0 Å². The molecule has 16 heavy (non-hydrogen) atoms. The van der Waals surface area contributed by atoms with Crippen LogP contribution < -0.4 is 0 Å². The van der Waals surface area contributed by atoms with Gasteiger partial charge in [0.1, 0.15) is 0 Å². The van der Waals surface area contributed by atoms with Gasteiger partial charge in [-0.3, -0.25) is 0 Å². The van der Waals surface area contributed by atoms with Crippen LogP contribution in [-0.2, 0) is 15.5 Å². The molecule has 0 rings (SSSR count). The molecule has 0 aliphatic heterocycles. The number of hydrogen-bond acceptors (Lipinski definition) is 3. The standard InChI is InChI=1S/C12H26O3S/c1-3-5-6-7-8-9-10-12(4-2)11-15-16(13)14/h12H,3-11H2,1-2H3,(H,13,14)/p-1. The van der Waals surface area contributed by atoms with Gasteiger partial charge in [-0.25, -0.2) is 4.21 Å². The van der Waals surface area contributed by atoms with E-state index >= 15 is 0 Å². The van der Waals surface area contributed by atoms with E-state index in [-0.39, 0.29) is 0 Å². The summed E-state index contributed by atoms with van der Waals surface area (Å²) in [6.45, 7) is 4.65. The zero-order valence-corrected chi connectivity index (χ0v) is 11.4. The Morgan fingerprint density at radius 3 is 2.31 bits per heavy atom. The van der Waals surface area contributed by atoms with Gasteiger partial charge >= 0.3 is 0 Å². The quantitative estimate of drug-likeness (QED) is 0.415. The Hall–Kier alpha value is 0.0700. The van der Waals surface area contributed by atoms with Gasteiger partial charge in [-0.1, -0.05) is 58.8 Å². The van der Waals surface area contributed by atoms with Crippen LogP contribution in [0.25, 0.3) is 0 Å². The van der Waals surface area contributed by atoms with Crippen LogP contribution in [0.15, 0.2) is 0 Å². The molecule has 0 aromatic carbocycles. The summed E-state index contributed by atoms with van der Waals surface area (Å²) in [5.41, 5.74) is 0. The van der Waals surface area contributed by atoms with Gasteiger partial charge in [0.15, 0.2) is 0 Å². The van der Waals surface area contributed by atoms with Gasteiger partial charge in [0, 0.05) is 0 Å². The number of rotatable bonds is 11. The summed E-state index contributed by atoms with van der Waals surface area (Å²) < 4.78 is 25.1. The predicted octanol–water partition coefficient (Wildman–Crippen LogP) is 3.57. The normalized spacial score (nSPS) is 14.9. The summed E-state index contributed by atoms with van der Waals surface area (Å²) in [7, 11) is 0. The van der Waals surface area contributed by atoms with Crippen LogP contribution in [0.1, 0.15) is 65.2 Å². The highest BCUT2D eigenvalue weighted by atomic mass is 32.2. The molecular formula is C12H25O3S-. The van der Waals surface area contributed by atoms with E-state index in [4.69, 9.17) is 0 Å². The summed E-state index contributed by atoms with van der Waals surface area (Å²) in [4.78, 5) is 0. The Kier molecular flexibility index (Phi) is 11.6. The number of hydrogen-bond donors (Lipinski definition) is 0. The first-order valence-corrected chi connectivity index (χ1v) is 7.43. The van der Waals surface area contributed by atoms with Crippen molar-refractivity contribution < 1.29 is 12.9 Å². The minimum absolute atomic E-state index is 0.349. The molecule has 2 unspecified atom stereocenters. The monoisotopic (exact) mass is 249 g/mol. The molecule has 0 amide bonds. The molecule has 0 N–H and O–H groups in total. The van der Waals surface area contributed by atoms with Crippen LogP contribution in [0, 0.1) is 5.92 Å². The summed E-state index contributed by atoms with van der Waals surface area (Å²) in [5, 5.41) is 0. The second-order valence-electron chi connectivity index (χ2n) is 4.32. The fraction of sp³-hybridized carbons (Fsp3) is 1.00. The minimum atomic E-state index is -2.35. The molecule has 4 heteroatoms. The zero-order chi connectivity index (χ0) is 12.2. The lowest BCUT2D eigenvalue weighted by Crippen LogP contribution is -2.10. The van der Waals surface area contributed by atoms with E-state index in [0.29, 0.717) is 12.5 Å². The molecule has 0 spiro atoms. The first-order chi connectivity index (χ1) is 7.70. The van der Waals surface area contributed by atoms with E-state index in [1.807, 2.05) is 0 Å². The van der Waals surface area contributed by atoms with Crippen molar-refractivity contribution in [1.82, 2.24) is 0 Å². The Bertz CT molecular complexity index is 174. The molecule has 0 saturated heterocycles. The molecule has 0 aliphatic carbocycles. The van der Waals surface area contributed by atoms with Crippen LogP contribution in [-0.4, -0.2) is 15.4 Å². The maximum absolute atomic E-state index is 10.2. The lowest BCUT2D eigenvalue weighted by Gasteiger charge is -2.15. The first kappa shape index (κ1) is 16.1. The van der Waals surface area contributed by atoms with Gasteiger partial charge < -0.3 is 8.74 Å². The molecule has 0 fully saturated rings. The third kappa shape index (κ3) is 10.6. The molecule has 0 radical (unpaired) electrons. The summed E-state index contributed by atoms with van der Waals surface area (Å²) in [6.07, 6.45) is 9.77. The maximum atomic E-state index is 10.2. The van der Waals surface area contributed by atoms with Gasteiger partial charge in [-0.2, -0.15) is 0 Å². The van der Waals surface area contributed by atoms with Crippen LogP contribution in [0.2, 0.25) is 0 Å². The van der Waals surface area contributed by atoms with Gasteiger partial charge in [0.05, 0.1) is 18.0 Å². The van der Waals surface area contributed by atoms with Gasteiger partial charge in [-0.05, 0) is 12.3 Å². The Morgan fingerprint density at radius 2 is 1.75 bits per heavy atom. The molecule has 2 atom stereocenters. The second kappa shape index (κ2) is 11.6. The van der Waals surface area contributed by atoms with E-state index in [1.165, 1.54) is 38.5 Å². The molecule has 98 valence electrons. The van der Waals surface area contributed by atoms with Crippen LogP contribution in [0.4, 0.5) is 0 Å². The lowest BCUT2D eigenvalue weighted by molar-refractivity contribution is 0.229. The molecule has 3 nitrogen and oxygen atoms in total. The fourth-order valence-corrected chi connectivity index (χ4v) is 2.07. The highest BCUT2D eigenvalue weighted by Crippen LogP contribution is 2.15. The van der Waals surface area contributed by atoms with E-state index in [1.54, 1.807) is 0 Å². The van der Waals surface area contributed by atoms with E-state index < -0.39 is 11.4 Å². The molecule has 0 aliphatic rings. The predicted molar refractivity (Wildman–Crippen MR) is 66.6 cm³/mol. The zero-order valence-electron chi connectivity index (χ0n) is 10.6. The van der Waals surface area contributed by atoms with E-state index in [9.17, 15) is 8.76 Å². The van der Waals surface area contributed by atoms with Crippen molar-refractivity contribution in [2.24, 2.45) is 5.92 Å². The van der Waals surface area contributed by atoms with Crippen molar-refractivity contribution in [1.29, 1.82) is 0 Å². The third-order valence-corrected chi connectivity index (χ3v) is 3.27. The van der Waals surface area contributed by atoms with Crippen LogP contribution >= 0.6 is 0 Å². The largest absolute Gasteiger partial charge is 0.750 e. The Labute approximate surface area is 102 Å². The third-order valence-electron chi connectivity index (χ3n) is 2.94. The molecule has 0 bridgehead atoms. The van der Waals surface area contributed by atoms with Crippen molar-refractivity contribution in [3.05, 3.63) is 0 Å². The number of unbranched alkanes of at least 4 members (excludes halogenated alkanes) is 5. The van der Waals surface area contributed by atoms with Crippen LogP contribution in [0.3, 0.4) is 0 Å². The SMILES string of the molecule is CCCCCCCCC(CC)COS(=O)[O-]. The summed E-state index contributed by atoms with van der Waals surface area (Å²) >= 11 is -2.35. The van der Waals surface area contributed by atoms with Crippen molar-refractivity contribution in [2.45, 2.75) is 65.2 Å². The minimum Gasteiger partial charge on any atom is -0.750 e. The Morgan fingerprint density at radius 1 is 1.12 bits per heavy atom. The van der Waals surface area contributed by atoms with Gasteiger partial charge in [0.2, 0.25) is 0 Å². The summed E-state index contributed by atoms with van der Waals surface area (Å²) in [5.74, 6) is 0.393. The van der Waals surface area contributed by atoms with Crippen LogP contribution in [0.5, 0.6) is 0 Å². The Balaban J connectivity index is 3.37. The molecule has 0 heterocycles. The average molecular weight is 249 g/mol. The lowest BCUT2D eigenvalue weighted by atomic mass is 9.99. The smallest absolute Gasteiger partial charge is 0.0842 e. The van der Waals surface area contributed by atoms with E-state index in [2.05, 4.69) is 18.0 Å². The topological polar surface area (TPSA) is 49.4 Å². The van der Waals surface area contributed by atoms with Gasteiger partial charge in [-0.15, -0.1) is 0 Å². The van der Waals surface area contributed by atoms with Crippen molar-refractivity contribution in [3.8, 4) is 0 Å². The van der Waals surface area contributed by atoms with Crippen molar-refractivity contribution in [3.63, 3.8) is 0 Å². The molecule has 0 saturated carbocycles. The highest BCUT2D eigenvalue weighted by molar-refractivity contribution is 7.74. The van der Waals surface area contributed by atoms with Crippen molar-refractivity contribution >= 4 is 11.4 Å². The molecule has 0 aromatic rings. The molecule has 0 aromatic heterocycles. The van der Waals surface area contributed by atoms with Crippen molar-refractivity contribution in [2.75, 3.05) is 6.61 Å². The second-order valence-corrected chi connectivity index (χ2v) is 4.96. The molecular weight excluding hydrogens is 224 g/mol.